The Morgan fingerprint density at radius 3 is 2.85 bits per heavy atom. The van der Waals surface area contributed by atoms with Gasteiger partial charge in [0.15, 0.2) is 0 Å². The molecule has 2 atom stereocenters. The Balaban J connectivity index is 2.58. The fraction of sp³-hybridized carbons (Fsp3) is 0.600. The summed E-state index contributed by atoms with van der Waals surface area (Å²) in [6.07, 6.45) is 2.88. The van der Waals surface area contributed by atoms with Gasteiger partial charge in [0.05, 0.1) is 11.5 Å². The molecule has 0 saturated carbocycles. The minimum absolute atomic E-state index is 0.141. The second-order valence-corrected chi connectivity index (χ2v) is 4.42. The first-order chi connectivity index (χ1) is 6.25. The van der Waals surface area contributed by atoms with E-state index >= 15 is 0 Å². The van der Waals surface area contributed by atoms with Crippen LogP contribution < -0.4 is 5.73 Å². The monoisotopic (exact) mass is 199 g/mol. The second kappa shape index (κ2) is 5.35. The summed E-state index contributed by atoms with van der Waals surface area (Å²) in [5, 5.41) is 0.301. The highest BCUT2D eigenvalue weighted by Gasteiger charge is 2.18. The molecule has 2 N–H and O–H groups in total. The summed E-state index contributed by atoms with van der Waals surface area (Å²) in [6, 6.07) is 4.05. The highest BCUT2D eigenvalue weighted by Crippen LogP contribution is 2.31. The third-order valence-corrected chi connectivity index (χ3v) is 3.47. The van der Waals surface area contributed by atoms with E-state index in [1.165, 1.54) is 6.42 Å². The predicted molar refractivity (Wildman–Crippen MR) is 57.8 cm³/mol. The SMILES string of the molecule is CCCSC(c1ccco1)C(C)N. The summed E-state index contributed by atoms with van der Waals surface area (Å²) >= 11 is 1.87. The molecule has 74 valence electrons. The van der Waals surface area contributed by atoms with E-state index < -0.39 is 0 Å². The molecule has 1 aromatic rings. The Morgan fingerprint density at radius 2 is 2.38 bits per heavy atom. The standard InChI is InChI=1S/C10H17NOS/c1-3-7-13-10(8(2)11)9-5-4-6-12-9/h4-6,8,10H,3,7,11H2,1-2H3. The first-order valence-electron chi connectivity index (χ1n) is 4.66. The number of thioether (sulfide) groups is 1. The zero-order valence-electron chi connectivity index (χ0n) is 8.19. The van der Waals surface area contributed by atoms with Gasteiger partial charge < -0.3 is 10.2 Å². The van der Waals surface area contributed by atoms with Crippen molar-refractivity contribution in [2.45, 2.75) is 31.6 Å². The lowest BCUT2D eigenvalue weighted by Gasteiger charge is -2.17. The molecule has 2 nitrogen and oxygen atoms in total. The lowest BCUT2D eigenvalue weighted by molar-refractivity contribution is 0.486. The molecule has 13 heavy (non-hydrogen) atoms. The number of hydrogen-bond donors (Lipinski definition) is 1. The van der Waals surface area contributed by atoms with Crippen LogP contribution in [0.5, 0.6) is 0 Å². The summed E-state index contributed by atoms with van der Waals surface area (Å²) in [7, 11) is 0. The van der Waals surface area contributed by atoms with Gasteiger partial charge in [-0.05, 0) is 31.2 Å². The Hall–Kier alpha value is -0.410. The predicted octanol–water partition coefficient (Wildman–Crippen LogP) is 2.81. The van der Waals surface area contributed by atoms with Crippen molar-refractivity contribution >= 4 is 11.8 Å². The minimum Gasteiger partial charge on any atom is -0.468 e. The third kappa shape index (κ3) is 3.08. The van der Waals surface area contributed by atoms with E-state index in [0.717, 1.165) is 11.5 Å². The molecule has 0 aliphatic rings. The summed E-state index contributed by atoms with van der Waals surface area (Å²) in [5.41, 5.74) is 5.89. The van der Waals surface area contributed by atoms with E-state index in [9.17, 15) is 0 Å². The van der Waals surface area contributed by atoms with Gasteiger partial charge >= 0.3 is 0 Å². The minimum atomic E-state index is 0.141. The van der Waals surface area contributed by atoms with Crippen molar-refractivity contribution < 1.29 is 4.42 Å². The van der Waals surface area contributed by atoms with Crippen LogP contribution >= 0.6 is 11.8 Å². The van der Waals surface area contributed by atoms with E-state index in [4.69, 9.17) is 10.2 Å². The Kier molecular flexibility index (Phi) is 4.39. The van der Waals surface area contributed by atoms with Crippen LogP contribution in [0.1, 0.15) is 31.3 Å². The Labute approximate surface area is 83.9 Å². The maximum absolute atomic E-state index is 5.89. The fourth-order valence-electron chi connectivity index (χ4n) is 1.19. The molecular formula is C10H17NOS. The van der Waals surface area contributed by atoms with Crippen molar-refractivity contribution in [3.8, 4) is 0 Å². The summed E-state index contributed by atoms with van der Waals surface area (Å²) in [6.45, 7) is 4.20. The van der Waals surface area contributed by atoms with Crippen LogP contribution in [-0.2, 0) is 0 Å². The topological polar surface area (TPSA) is 39.2 Å². The van der Waals surface area contributed by atoms with Crippen molar-refractivity contribution in [3.63, 3.8) is 0 Å². The number of rotatable bonds is 5. The molecule has 1 rings (SSSR count). The number of nitrogens with two attached hydrogens (primary N) is 1. The summed E-state index contributed by atoms with van der Waals surface area (Å²) < 4.78 is 5.35. The van der Waals surface area contributed by atoms with Gasteiger partial charge in [-0.3, -0.25) is 0 Å². The van der Waals surface area contributed by atoms with Gasteiger partial charge in [0.1, 0.15) is 5.76 Å². The quantitative estimate of drug-likeness (QED) is 0.792. The smallest absolute Gasteiger partial charge is 0.118 e. The molecule has 0 saturated heterocycles. The Bertz CT molecular complexity index is 221. The van der Waals surface area contributed by atoms with Crippen LogP contribution in [0, 0.1) is 0 Å². The van der Waals surface area contributed by atoms with Crippen molar-refractivity contribution in [2.75, 3.05) is 5.75 Å². The van der Waals surface area contributed by atoms with Crippen LogP contribution in [0.25, 0.3) is 0 Å². The van der Waals surface area contributed by atoms with Crippen LogP contribution in [0.3, 0.4) is 0 Å². The fourth-order valence-corrected chi connectivity index (χ4v) is 2.28. The lowest BCUT2D eigenvalue weighted by Crippen LogP contribution is -2.22. The molecule has 1 heterocycles. The van der Waals surface area contributed by atoms with Gasteiger partial charge in [-0.15, -0.1) is 11.8 Å². The molecule has 2 unspecified atom stereocenters. The average molecular weight is 199 g/mol. The van der Waals surface area contributed by atoms with Crippen molar-refractivity contribution in [1.29, 1.82) is 0 Å². The van der Waals surface area contributed by atoms with Gasteiger partial charge in [-0.1, -0.05) is 6.92 Å². The van der Waals surface area contributed by atoms with Crippen LogP contribution in [-0.4, -0.2) is 11.8 Å². The molecule has 0 amide bonds. The molecule has 0 spiro atoms. The second-order valence-electron chi connectivity index (χ2n) is 3.17. The van der Waals surface area contributed by atoms with Crippen LogP contribution in [0.15, 0.2) is 22.8 Å². The van der Waals surface area contributed by atoms with Crippen LogP contribution in [0.4, 0.5) is 0 Å². The highest BCUT2D eigenvalue weighted by molar-refractivity contribution is 7.99. The van der Waals surface area contributed by atoms with E-state index in [1.54, 1.807) is 6.26 Å². The van der Waals surface area contributed by atoms with Crippen molar-refractivity contribution in [2.24, 2.45) is 5.73 Å². The zero-order chi connectivity index (χ0) is 9.68. The van der Waals surface area contributed by atoms with Gasteiger partial charge in [0.2, 0.25) is 0 Å². The zero-order valence-corrected chi connectivity index (χ0v) is 9.01. The van der Waals surface area contributed by atoms with E-state index in [1.807, 2.05) is 30.8 Å². The van der Waals surface area contributed by atoms with Crippen molar-refractivity contribution in [1.82, 2.24) is 0 Å². The molecule has 0 fully saturated rings. The first kappa shape index (κ1) is 10.7. The van der Waals surface area contributed by atoms with Gasteiger partial charge in [0.25, 0.3) is 0 Å². The van der Waals surface area contributed by atoms with Gasteiger partial charge in [-0.2, -0.15) is 0 Å². The van der Waals surface area contributed by atoms with E-state index in [2.05, 4.69) is 6.92 Å². The molecule has 0 aliphatic heterocycles. The summed E-state index contributed by atoms with van der Waals surface area (Å²) in [5.74, 6) is 2.13. The lowest BCUT2D eigenvalue weighted by atomic mass is 10.2. The molecular weight excluding hydrogens is 182 g/mol. The molecule has 0 bridgehead atoms. The Morgan fingerprint density at radius 1 is 1.62 bits per heavy atom. The van der Waals surface area contributed by atoms with Crippen LogP contribution in [0.2, 0.25) is 0 Å². The molecule has 1 aromatic heterocycles. The summed E-state index contributed by atoms with van der Waals surface area (Å²) in [4.78, 5) is 0. The number of furan rings is 1. The van der Waals surface area contributed by atoms with E-state index in [0.29, 0.717) is 5.25 Å². The molecule has 0 aliphatic carbocycles. The molecule has 0 aromatic carbocycles. The molecule has 0 radical (unpaired) electrons. The van der Waals surface area contributed by atoms with E-state index in [-0.39, 0.29) is 6.04 Å². The number of hydrogen-bond acceptors (Lipinski definition) is 3. The normalized spacial score (nSPS) is 15.6. The third-order valence-electron chi connectivity index (χ3n) is 1.80. The highest BCUT2D eigenvalue weighted by atomic mass is 32.2. The van der Waals surface area contributed by atoms with Gasteiger partial charge in [-0.25, -0.2) is 0 Å². The maximum atomic E-state index is 5.89. The first-order valence-corrected chi connectivity index (χ1v) is 5.71. The average Bonchev–Trinajstić information content (AvgIpc) is 2.57. The van der Waals surface area contributed by atoms with Gasteiger partial charge in [0, 0.05) is 6.04 Å². The van der Waals surface area contributed by atoms with Crippen molar-refractivity contribution in [3.05, 3.63) is 24.2 Å². The largest absolute Gasteiger partial charge is 0.468 e. The molecule has 3 heteroatoms. The maximum Gasteiger partial charge on any atom is 0.118 e.